The molecule has 20 heavy (non-hydrogen) atoms. The SMILES string of the molecule is CCCNc1ncc(Br)cc1C(=O)NCCCC(C)C. The van der Waals surface area contributed by atoms with Gasteiger partial charge in [-0.1, -0.05) is 20.8 Å². The van der Waals surface area contributed by atoms with Gasteiger partial charge in [0.25, 0.3) is 5.91 Å². The number of nitrogens with zero attached hydrogens (tertiary/aromatic N) is 1. The number of nitrogens with one attached hydrogen (secondary N) is 2. The first-order valence-electron chi connectivity index (χ1n) is 7.22. The highest BCUT2D eigenvalue weighted by Crippen LogP contribution is 2.18. The fraction of sp³-hybridized carbons (Fsp3) is 0.600. The summed E-state index contributed by atoms with van der Waals surface area (Å²) in [6.45, 7) is 7.97. The summed E-state index contributed by atoms with van der Waals surface area (Å²) in [5.41, 5.74) is 0.595. The molecule has 0 atom stereocenters. The van der Waals surface area contributed by atoms with Crippen LogP contribution in [0.25, 0.3) is 0 Å². The molecule has 1 aromatic heterocycles. The Balaban J connectivity index is 2.63. The molecule has 2 N–H and O–H groups in total. The van der Waals surface area contributed by atoms with Gasteiger partial charge < -0.3 is 10.6 Å². The molecule has 5 heteroatoms. The van der Waals surface area contributed by atoms with Crippen LogP contribution in [0.1, 0.15) is 50.4 Å². The Morgan fingerprint density at radius 2 is 2.15 bits per heavy atom. The molecule has 4 nitrogen and oxygen atoms in total. The average molecular weight is 342 g/mol. The van der Waals surface area contributed by atoms with Gasteiger partial charge in [-0.05, 0) is 47.2 Å². The van der Waals surface area contributed by atoms with E-state index in [4.69, 9.17) is 0 Å². The quantitative estimate of drug-likeness (QED) is 0.706. The van der Waals surface area contributed by atoms with Crippen molar-refractivity contribution in [3.8, 4) is 0 Å². The van der Waals surface area contributed by atoms with Crippen LogP contribution in [0.15, 0.2) is 16.7 Å². The third-order valence-corrected chi connectivity index (χ3v) is 3.32. The summed E-state index contributed by atoms with van der Waals surface area (Å²) in [5.74, 6) is 1.25. The predicted octanol–water partition coefficient (Wildman–Crippen LogP) is 3.83. The maximum Gasteiger partial charge on any atom is 0.255 e. The van der Waals surface area contributed by atoms with E-state index in [0.717, 1.165) is 30.3 Å². The minimum atomic E-state index is -0.0684. The summed E-state index contributed by atoms with van der Waals surface area (Å²) in [7, 11) is 0. The van der Waals surface area contributed by atoms with Crippen LogP contribution < -0.4 is 10.6 Å². The lowest BCUT2D eigenvalue weighted by atomic mass is 10.1. The van der Waals surface area contributed by atoms with E-state index in [9.17, 15) is 4.79 Å². The Morgan fingerprint density at radius 3 is 2.80 bits per heavy atom. The van der Waals surface area contributed by atoms with Crippen LogP contribution in [0.4, 0.5) is 5.82 Å². The van der Waals surface area contributed by atoms with Crippen molar-refractivity contribution in [1.29, 1.82) is 0 Å². The molecule has 0 aliphatic rings. The first-order chi connectivity index (χ1) is 9.54. The van der Waals surface area contributed by atoms with Crippen molar-refractivity contribution >= 4 is 27.7 Å². The molecule has 1 amide bonds. The number of pyridine rings is 1. The average Bonchev–Trinajstić information content (AvgIpc) is 2.41. The fourth-order valence-electron chi connectivity index (χ4n) is 1.80. The van der Waals surface area contributed by atoms with E-state index < -0.39 is 0 Å². The van der Waals surface area contributed by atoms with Crippen LogP contribution in [-0.2, 0) is 0 Å². The zero-order valence-electron chi connectivity index (χ0n) is 12.5. The van der Waals surface area contributed by atoms with Gasteiger partial charge in [0.1, 0.15) is 5.82 Å². The van der Waals surface area contributed by atoms with E-state index >= 15 is 0 Å². The first kappa shape index (κ1) is 17.0. The van der Waals surface area contributed by atoms with E-state index in [2.05, 4.69) is 52.3 Å². The minimum Gasteiger partial charge on any atom is -0.369 e. The van der Waals surface area contributed by atoms with Crippen molar-refractivity contribution in [1.82, 2.24) is 10.3 Å². The molecular weight excluding hydrogens is 318 g/mol. The second-order valence-electron chi connectivity index (χ2n) is 5.27. The van der Waals surface area contributed by atoms with Gasteiger partial charge in [-0.3, -0.25) is 4.79 Å². The number of aromatic nitrogens is 1. The Bertz CT molecular complexity index is 435. The molecule has 112 valence electrons. The Morgan fingerprint density at radius 1 is 1.40 bits per heavy atom. The van der Waals surface area contributed by atoms with Crippen molar-refractivity contribution in [2.24, 2.45) is 5.92 Å². The molecule has 1 heterocycles. The zero-order valence-corrected chi connectivity index (χ0v) is 14.1. The van der Waals surface area contributed by atoms with Gasteiger partial charge in [-0.25, -0.2) is 4.98 Å². The lowest BCUT2D eigenvalue weighted by Crippen LogP contribution is -2.26. The predicted molar refractivity (Wildman–Crippen MR) is 87.1 cm³/mol. The number of hydrogen-bond acceptors (Lipinski definition) is 3. The second kappa shape index (κ2) is 8.95. The second-order valence-corrected chi connectivity index (χ2v) is 6.18. The molecule has 0 aromatic carbocycles. The van der Waals surface area contributed by atoms with Crippen LogP contribution in [0.2, 0.25) is 0 Å². The molecule has 0 unspecified atom stereocenters. The molecule has 0 saturated carbocycles. The summed E-state index contributed by atoms with van der Waals surface area (Å²) in [6.07, 6.45) is 4.82. The number of hydrogen-bond donors (Lipinski definition) is 2. The van der Waals surface area contributed by atoms with E-state index in [0.29, 0.717) is 23.8 Å². The summed E-state index contributed by atoms with van der Waals surface area (Å²) in [6, 6.07) is 1.81. The number of carbonyl (C=O) groups is 1. The topological polar surface area (TPSA) is 54.0 Å². The van der Waals surface area contributed by atoms with E-state index in [1.807, 2.05) is 6.07 Å². The van der Waals surface area contributed by atoms with E-state index in [1.54, 1.807) is 6.20 Å². The maximum atomic E-state index is 12.2. The lowest BCUT2D eigenvalue weighted by molar-refractivity contribution is 0.0953. The van der Waals surface area contributed by atoms with Crippen LogP contribution >= 0.6 is 15.9 Å². The summed E-state index contributed by atoms with van der Waals surface area (Å²) >= 11 is 3.36. The van der Waals surface area contributed by atoms with Crippen LogP contribution in [0, 0.1) is 5.92 Å². The Kier molecular flexibility index (Phi) is 7.59. The Hall–Kier alpha value is -1.10. The highest BCUT2D eigenvalue weighted by Gasteiger charge is 2.12. The van der Waals surface area contributed by atoms with E-state index in [-0.39, 0.29) is 5.91 Å². The van der Waals surface area contributed by atoms with Gasteiger partial charge in [-0.2, -0.15) is 0 Å². The number of rotatable bonds is 8. The number of amides is 1. The molecule has 0 bridgehead atoms. The highest BCUT2D eigenvalue weighted by atomic mass is 79.9. The molecule has 0 spiro atoms. The monoisotopic (exact) mass is 341 g/mol. The van der Waals surface area contributed by atoms with Gasteiger partial charge in [0.15, 0.2) is 0 Å². The van der Waals surface area contributed by atoms with Gasteiger partial charge in [0.05, 0.1) is 5.56 Å². The van der Waals surface area contributed by atoms with Crippen molar-refractivity contribution in [3.05, 3.63) is 22.3 Å². The first-order valence-corrected chi connectivity index (χ1v) is 8.01. The molecular formula is C15H24BrN3O. The molecule has 0 saturated heterocycles. The highest BCUT2D eigenvalue weighted by molar-refractivity contribution is 9.10. The van der Waals surface area contributed by atoms with Gasteiger partial charge in [0.2, 0.25) is 0 Å². The smallest absolute Gasteiger partial charge is 0.255 e. The third kappa shape index (κ3) is 5.90. The molecule has 0 aliphatic carbocycles. The van der Waals surface area contributed by atoms with Crippen molar-refractivity contribution in [3.63, 3.8) is 0 Å². The molecule has 0 aliphatic heterocycles. The summed E-state index contributed by atoms with van der Waals surface area (Å²) < 4.78 is 0.812. The number of anilines is 1. The van der Waals surface area contributed by atoms with Crippen molar-refractivity contribution in [2.45, 2.75) is 40.0 Å². The number of halogens is 1. The fourth-order valence-corrected chi connectivity index (χ4v) is 2.14. The van der Waals surface area contributed by atoms with Crippen LogP contribution in [0.5, 0.6) is 0 Å². The number of carbonyl (C=O) groups excluding carboxylic acids is 1. The molecule has 0 radical (unpaired) electrons. The summed E-state index contributed by atoms with van der Waals surface area (Å²) in [5, 5.41) is 6.15. The molecule has 1 rings (SSSR count). The third-order valence-electron chi connectivity index (χ3n) is 2.89. The van der Waals surface area contributed by atoms with Gasteiger partial charge in [-0.15, -0.1) is 0 Å². The largest absolute Gasteiger partial charge is 0.369 e. The van der Waals surface area contributed by atoms with Crippen LogP contribution in [-0.4, -0.2) is 24.0 Å². The Labute approximate surface area is 129 Å². The van der Waals surface area contributed by atoms with Gasteiger partial charge in [0, 0.05) is 23.8 Å². The van der Waals surface area contributed by atoms with Crippen molar-refractivity contribution in [2.75, 3.05) is 18.4 Å². The van der Waals surface area contributed by atoms with Crippen LogP contribution in [0.3, 0.4) is 0 Å². The molecule has 0 fully saturated rings. The molecule has 1 aromatic rings. The normalized spacial score (nSPS) is 10.7. The lowest BCUT2D eigenvalue weighted by Gasteiger charge is -2.11. The van der Waals surface area contributed by atoms with Gasteiger partial charge >= 0.3 is 0 Å². The zero-order chi connectivity index (χ0) is 15.0. The van der Waals surface area contributed by atoms with E-state index in [1.165, 1.54) is 0 Å². The minimum absolute atomic E-state index is 0.0684. The maximum absolute atomic E-state index is 12.2. The summed E-state index contributed by atoms with van der Waals surface area (Å²) in [4.78, 5) is 16.5. The standard InChI is InChI=1S/C15H24BrN3O/c1-4-7-17-14-13(9-12(16)10-19-14)15(20)18-8-5-6-11(2)3/h9-11H,4-8H2,1-3H3,(H,17,19)(H,18,20). The van der Waals surface area contributed by atoms with Crippen molar-refractivity contribution < 1.29 is 4.79 Å².